The summed E-state index contributed by atoms with van der Waals surface area (Å²) in [6, 6.07) is 6.94. The SMILES string of the molecule is CC1CC(OCC(O)CN2CCN(c3ccccc3F)CC2)CC(C)(C)C1.Cl.Cl. The van der Waals surface area contributed by atoms with Gasteiger partial charge in [-0.1, -0.05) is 32.9 Å². The van der Waals surface area contributed by atoms with E-state index in [0.717, 1.165) is 39.0 Å². The van der Waals surface area contributed by atoms with E-state index in [1.54, 1.807) is 6.07 Å². The molecule has 4 nitrogen and oxygen atoms in total. The van der Waals surface area contributed by atoms with E-state index in [1.807, 2.05) is 12.1 Å². The van der Waals surface area contributed by atoms with Crippen LogP contribution in [0.5, 0.6) is 0 Å². The van der Waals surface area contributed by atoms with Crippen LogP contribution >= 0.6 is 24.8 Å². The fourth-order valence-corrected chi connectivity index (χ4v) is 4.86. The van der Waals surface area contributed by atoms with E-state index in [2.05, 4.69) is 30.6 Å². The smallest absolute Gasteiger partial charge is 0.146 e. The Hall–Kier alpha value is -0.590. The summed E-state index contributed by atoms with van der Waals surface area (Å²) in [5.41, 5.74) is 1.01. The molecule has 3 atom stereocenters. The highest BCUT2D eigenvalue weighted by atomic mass is 35.5. The molecule has 1 saturated carbocycles. The molecule has 1 aromatic carbocycles. The molecule has 3 unspecified atom stereocenters. The second-order valence-corrected chi connectivity index (χ2v) is 9.26. The Labute approximate surface area is 187 Å². The molecule has 0 aromatic heterocycles. The third-order valence-corrected chi connectivity index (χ3v) is 5.91. The van der Waals surface area contributed by atoms with E-state index in [-0.39, 0.29) is 36.7 Å². The minimum absolute atomic E-state index is 0. The summed E-state index contributed by atoms with van der Waals surface area (Å²) in [6.45, 7) is 11.2. The molecule has 2 aliphatic rings. The first-order valence-electron chi connectivity index (χ1n) is 10.3. The van der Waals surface area contributed by atoms with Crippen LogP contribution in [-0.2, 0) is 4.74 Å². The molecule has 3 rings (SSSR count). The Morgan fingerprint density at radius 3 is 2.41 bits per heavy atom. The van der Waals surface area contributed by atoms with Gasteiger partial charge in [-0.25, -0.2) is 4.39 Å². The lowest BCUT2D eigenvalue weighted by molar-refractivity contribution is -0.0615. The fraction of sp³-hybridized carbons (Fsp3) is 0.727. The second-order valence-electron chi connectivity index (χ2n) is 9.26. The van der Waals surface area contributed by atoms with Gasteiger partial charge in [-0.15, -0.1) is 24.8 Å². The van der Waals surface area contributed by atoms with Gasteiger partial charge in [0.2, 0.25) is 0 Å². The van der Waals surface area contributed by atoms with Crippen molar-refractivity contribution in [2.75, 3.05) is 44.2 Å². The number of hydrogen-bond donors (Lipinski definition) is 1. The van der Waals surface area contributed by atoms with Crippen LogP contribution in [0.4, 0.5) is 10.1 Å². The number of β-amino-alcohol motifs (C(OH)–C–C–N with tert-alkyl or cyclic N) is 1. The van der Waals surface area contributed by atoms with Crippen LogP contribution in [-0.4, -0.2) is 61.5 Å². The Balaban J connectivity index is 0.00000210. The number of rotatable bonds is 6. The normalized spacial score (nSPS) is 25.6. The van der Waals surface area contributed by atoms with Crippen LogP contribution in [0.1, 0.15) is 40.0 Å². The van der Waals surface area contributed by atoms with Crippen molar-refractivity contribution < 1.29 is 14.2 Å². The predicted octanol–water partition coefficient (Wildman–Crippen LogP) is 4.38. The minimum Gasteiger partial charge on any atom is -0.389 e. The lowest BCUT2D eigenvalue weighted by Crippen LogP contribution is -2.49. The Morgan fingerprint density at radius 2 is 1.79 bits per heavy atom. The van der Waals surface area contributed by atoms with Crippen LogP contribution in [0.2, 0.25) is 0 Å². The average Bonchev–Trinajstić information content (AvgIpc) is 2.60. The quantitative estimate of drug-likeness (QED) is 0.696. The summed E-state index contributed by atoms with van der Waals surface area (Å²) < 4.78 is 20.0. The highest BCUT2D eigenvalue weighted by Crippen LogP contribution is 2.39. The molecule has 1 saturated heterocycles. The molecular weight excluding hydrogens is 414 g/mol. The van der Waals surface area contributed by atoms with E-state index < -0.39 is 6.10 Å². The molecular formula is C22H37Cl2FN2O2. The Kier molecular flexibility index (Phi) is 10.7. The standard InChI is InChI=1S/C22H35FN2O2.2ClH/c1-17-12-19(14-22(2,3)13-17)27-16-18(26)15-24-8-10-25(11-9-24)21-7-5-4-6-20(21)23;;/h4-7,17-19,26H,8-16H2,1-3H3;2*1H. The second kappa shape index (κ2) is 11.7. The van der Waals surface area contributed by atoms with E-state index in [4.69, 9.17) is 4.74 Å². The maximum Gasteiger partial charge on any atom is 0.146 e. The van der Waals surface area contributed by atoms with Crippen molar-refractivity contribution in [3.05, 3.63) is 30.1 Å². The summed E-state index contributed by atoms with van der Waals surface area (Å²) in [4.78, 5) is 4.33. The average molecular weight is 451 g/mol. The van der Waals surface area contributed by atoms with E-state index in [0.29, 0.717) is 30.2 Å². The van der Waals surface area contributed by atoms with Crippen molar-refractivity contribution in [2.45, 2.75) is 52.2 Å². The van der Waals surface area contributed by atoms with Gasteiger partial charge in [-0.3, -0.25) is 4.90 Å². The highest BCUT2D eigenvalue weighted by Gasteiger charge is 2.33. The van der Waals surface area contributed by atoms with E-state index in [9.17, 15) is 9.50 Å². The van der Waals surface area contributed by atoms with Gasteiger partial charge in [0, 0.05) is 32.7 Å². The number of ether oxygens (including phenoxy) is 1. The Bertz CT molecular complexity index is 612. The van der Waals surface area contributed by atoms with E-state index in [1.165, 1.54) is 12.5 Å². The number of piperazine rings is 1. The molecule has 0 radical (unpaired) electrons. The van der Waals surface area contributed by atoms with Crippen molar-refractivity contribution in [1.82, 2.24) is 4.90 Å². The van der Waals surface area contributed by atoms with Crippen LogP contribution in [0, 0.1) is 17.2 Å². The zero-order valence-electron chi connectivity index (χ0n) is 17.8. The van der Waals surface area contributed by atoms with Crippen molar-refractivity contribution in [2.24, 2.45) is 11.3 Å². The van der Waals surface area contributed by atoms with Gasteiger partial charge < -0.3 is 14.7 Å². The maximum atomic E-state index is 13.9. The van der Waals surface area contributed by atoms with Gasteiger partial charge in [-0.2, -0.15) is 0 Å². The molecule has 2 fully saturated rings. The van der Waals surface area contributed by atoms with Gasteiger partial charge in [0.25, 0.3) is 0 Å². The number of halogens is 3. The maximum absolute atomic E-state index is 13.9. The lowest BCUT2D eigenvalue weighted by Gasteiger charge is -2.39. The molecule has 0 amide bonds. The zero-order chi connectivity index (χ0) is 19.4. The topological polar surface area (TPSA) is 35.9 Å². The highest BCUT2D eigenvalue weighted by molar-refractivity contribution is 5.85. The molecule has 1 heterocycles. The van der Waals surface area contributed by atoms with Crippen LogP contribution in [0.25, 0.3) is 0 Å². The summed E-state index contributed by atoms with van der Waals surface area (Å²) in [5.74, 6) is 0.520. The number of nitrogens with zero attached hydrogens (tertiary/aromatic N) is 2. The van der Waals surface area contributed by atoms with Gasteiger partial charge in [0.1, 0.15) is 5.82 Å². The molecule has 1 N–H and O–H groups in total. The van der Waals surface area contributed by atoms with Crippen LogP contribution < -0.4 is 4.90 Å². The fourth-order valence-electron chi connectivity index (χ4n) is 4.86. The van der Waals surface area contributed by atoms with Gasteiger partial charge >= 0.3 is 0 Å². The monoisotopic (exact) mass is 450 g/mol. The first-order valence-corrected chi connectivity index (χ1v) is 10.3. The number of benzene rings is 1. The molecule has 0 bridgehead atoms. The summed E-state index contributed by atoms with van der Waals surface area (Å²) in [7, 11) is 0. The summed E-state index contributed by atoms with van der Waals surface area (Å²) in [5, 5.41) is 10.4. The summed E-state index contributed by atoms with van der Waals surface area (Å²) in [6.07, 6.45) is 3.21. The predicted molar refractivity (Wildman–Crippen MR) is 122 cm³/mol. The molecule has 1 aliphatic heterocycles. The van der Waals surface area contributed by atoms with Gasteiger partial charge in [0.05, 0.1) is 24.5 Å². The van der Waals surface area contributed by atoms with Crippen molar-refractivity contribution in [3.63, 3.8) is 0 Å². The molecule has 29 heavy (non-hydrogen) atoms. The van der Waals surface area contributed by atoms with E-state index >= 15 is 0 Å². The first kappa shape index (κ1) is 26.4. The minimum atomic E-state index is -0.467. The summed E-state index contributed by atoms with van der Waals surface area (Å²) >= 11 is 0. The number of aliphatic hydroxyl groups is 1. The number of hydrogen-bond acceptors (Lipinski definition) is 4. The molecule has 1 aromatic rings. The van der Waals surface area contributed by atoms with Gasteiger partial charge in [0.15, 0.2) is 0 Å². The zero-order valence-corrected chi connectivity index (χ0v) is 19.5. The Morgan fingerprint density at radius 1 is 1.14 bits per heavy atom. The van der Waals surface area contributed by atoms with Gasteiger partial charge in [-0.05, 0) is 42.7 Å². The molecule has 168 valence electrons. The largest absolute Gasteiger partial charge is 0.389 e. The number of anilines is 1. The third-order valence-electron chi connectivity index (χ3n) is 5.91. The number of para-hydroxylation sites is 1. The van der Waals surface area contributed by atoms with Crippen molar-refractivity contribution >= 4 is 30.5 Å². The number of aliphatic hydroxyl groups excluding tert-OH is 1. The molecule has 1 aliphatic carbocycles. The lowest BCUT2D eigenvalue weighted by atomic mass is 9.71. The first-order chi connectivity index (χ1) is 12.8. The van der Waals surface area contributed by atoms with Crippen molar-refractivity contribution in [3.8, 4) is 0 Å². The van der Waals surface area contributed by atoms with Crippen molar-refractivity contribution in [1.29, 1.82) is 0 Å². The molecule has 0 spiro atoms. The third kappa shape index (κ3) is 7.87. The van der Waals surface area contributed by atoms with Crippen LogP contribution in [0.15, 0.2) is 24.3 Å². The molecule has 7 heteroatoms. The van der Waals surface area contributed by atoms with Crippen LogP contribution in [0.3, 0.4) is 0 Å².